The molecule has 2 rings (SSSR count). The second-order valence-corrected chi connectivity index (χ2v) is 6.77. The number of hydrogen-bond acceptors (Lipinski definition) is 3. The van der Waals surface area contributed by atoms with Gasteiger partial charge in [0.2, 0.25) is 0 Å². The molecule has 0 radical (unpaired) electrons. The number of hydrogen-bond donors (Lipinski definition) is 1. The van der Waals surface area contributed by atoms with Crippen LogP contribution in [0.4, 0.5) is 0 Å². The highest BCUT2D eigenvalue weighted by Crippen LogP contribution is 2.41. The van der Waals surface area contributed by atoms with Gasteiger partial charge in [-0.15, -0.1) is 11.3 Å². The third-order valence-electron chi connectivity index (χ3n) is 3.27. The molecule has 3 heteroatoms. The quantitative estimate of drug-likeness (QED) is 0.816. The molecule has 1 aromatic heterocycles. The molecule has 0 atom stereocenters. The summed E-state index contributed by atoms with van der Waals surface area (Å²) in [6, 6.07) is 8.15. The number of thiophene rings is 1. The highest BCUT2D eigenvalue weighted by Gasteiger charge is 2.17. The van der Waals surface area contributed by atoms with Crippen LogP contribution in [0.5, 0.6) is 5.75 Å². The van der Waals surface area contributed by atoms with Crippen LogP contribution < -0.4 is 0 Å². The molecular weight excluding hydrogens is 256 g/mol. The molecule has 0 unspecified atom stereocenters. The average Bonchev–Trinajstić information content (AvgIpc) is 2.65. The maximum atomic E-state index is 10.9. The molecule has 0 spiro atoms. The fraction of sp³-hybridized carbons (Fsp3) is 0.312. The molecule has 1 aromatic carbocycles. The van der Waals surface area contributed by atoms with Gasteiger partial charge in [0.1, 0.15) is 5.75 Å². The van der Waals surface area contributed by atoms with Crippen molar-refractivity contribution in [3.63, 3.8) is 0 Å². The van der Waals surface area contributed by atoms with Gasteiger partial charge in [0.15, 0.2) is 6.29 Å². The second-order valence-electron chi connectivity index (χ2n) is 5.71. The maximum absolute atomic E-state index is 10.9. The molecule has 0 saturated carbocycles. The van der Waals surface area contributed by atoms with Crippen LogP contribution in [0.3, 0.4) is 0 Å². The van der Waals surface area contributed by atoms with Crippen LogP contribution in [0.25, 0.3) is 10.4 Å². The molecular formula is C16H18O2S. The van der Waals surface area contributed by atoms with E-state index in [0.29, 0.717) is 10.4 Å². The van der Waals surface area contributed by atoms with Crippen LogP contribution in [-0.2, 0) is 5.41 Å². The average molecular weight is 274 g/mol. The van der Waals surface area contributed by atoms with Gasteiger partial charge in [-0.1, -0.05) is 45.0 Å². The summed E-state index contributed by atoms with van der Waals surface area (Å²) in [5.74, 6) is 0.218. The molecule has 1 heterocycles. The minimum Gasteiger partial charge on any atom is -0.506 e. The summed E-state index contributed by atoms with van der Waals surface area (Å²) in [5.41, 5.74) is 2.97. The summed E-state index contributed by atoms with van der Waals surface area (Å²) in [6.07, 6.45) is 0.798. The van der Waals surface area contributed by atoms with Gasteiger partial charge in [-0.3, -0.25) is 4.79 Å². The number of aromatic hydroxyl groups is 1. The Bertz CT molecular complexity index is 601. The Morgan fingerprint density at radius 2 is 1.74 bits per heavy atom. The SMILES string of the molecule is Cc1c(C=O)sc(-c2ccc(C(C)(C)C)cc2)c1O. The first-order chi connectivity index (χ1) is 8.84. The van der Waals surface area contributed by atoms with Crippen LogP contribution in [0, 0.1) is 6.92 Å². The van der Waals surface area contributed by atoms with Gasteiger partial charge in [-0.05, 0) is 23.5 Å². The normalized spacial score (nSPS) is 11.6. The van der Waals surface area contributed by atoms with E-state index in [1.807, 2.05) is 12.1 Å². The minimum atomic E-state index is 0.111. The van der Waals surface area contributed by atoms with Gasteiger partial charge in [-0.2, -0.15) is 0 Å². The zero-order valence-electron chi connectivity index (χ0n) is 11.7. The van der Waals surface area contributed by atoms with Crippen LogP contribution >= 0.6 is 11.3 Å². The van der Waals surface area contributed by atoms with E-state index >= 15 is 0 Å². The monoisotopic (exact) mass is 274 g/mol. The molecule has 2 nitrogen and oxygen atoms in total. The van der Waals surface area contributed by atoms with Crippen molar-refractivity contribution in [1.82, 2.24) is 0 Å². The Labute approximate surface area is 117 Å². The van der Waals surface area contributed by atoms with Crippen LogP contribution in [-0.4, -0.2) is 11.4 Å². The maximum Gasteiger partial charge on any atom is 0.160 e. The van der Waals surface area contributed by atoms with Gasteiger partial charge in [0, 0.05) is 5.56 Å². The number of carbonyl (C=O) groups excluding carboxylic acids is 1. The predicted octanol–water partition coefficient (Wildman–Crippen LogP) is 4.54. The summed E-state index contributed by atoms with van der Waals surface area (Å²) in [4.78, 5) is 12.3. The Morgan fingerprint density at radius 1 is 1.16 bits per heavy atom. The van der Waals surface area contributed by atoms with E-state index in [0.717, 1.165) is 16.7 Å². The lowest BCUT2D eigenvalue weighted by Gasteiger charge is -2.19. The molecule has 100 valence electrons. The van der Waals surface area contributed by atoms with E-state index < -0.39 is 0 Å². The lowest BCUT2D eigenvalue weighted by molar-refractivity contribution is 0.112. The van der Waals surface area contributed by atoms with Gasteiger partial charge in [-0.25, -0.2) is 0 Å². The lowest BCUT2D eigenvalue weighted by Crippen LogP contribution is -2.10. The molecule has 0 bridgehead atoms. The molecule has 1 N–H and O–H groups in total. The van der Waals surface area contributed by atoms with Crippen molar-refractivity contribution in [3.05, 3.63) is 40.3 Å². The summed E-state index contributed by atoms with van der Waals surface area (Å²) in [7, 11) is 0. The topological polar surface area (TPSA) is 37.3 Å². The minimum absolute atomic E-state index is 0.111. The Morgan fingerprint density at radius 3 is 2.16 bits per heavy atom. The summed E-state index contributed by atoms with van der Waals surface area (Å²) >= 11 is 1.33. The van der Waals surface area contributed by atoms with Crippen LogP contribution in [0.2, 0.25) is 0 Å². The molecule has 0 amide bonds. The molecule has 0 saturated heterocycles. The van der Waals surface area contributed by atoms with E-state index in [4.69, 9.17) is 0 Å². The van der Waals surface area contributed by atoms with Crippen molar-refractivity contribution < 1.29 is 9.90 Å². The molecule has 0 aliphatic heterocycles. The fourth-order valence-corrected chi connectivity index (χ4v) is 2.97. The van der Waals surface area contributed by atoms with E-state index in [1.165, 1.54) is 16.9 Å². The van der Waals surface area contributed by atoms with Crippen molar-refractivity contribution in [3.8, 4) is 16.2 Å². The molecule has 0 aliphatic rings. The Hall–Kier alpha value is -1.61. The van der Waals surface area contributed by atoms with Crippen LogP contribution in [0.15, 0.2) is 24.3 Å². The first kappa shape index (κ1) is 13.8. The van der Waals surface area contributed by atoms with Gasteiger partial charge in [0.25, 0.3) is 0 Å². The number of carbonyl (C=O) groups is 1. The van der Waals surface area contributed by atoms with E-state index in [9.17, 15) is 9.90 Å². The highest BCUT2D eigenvalue weighted by molar-refractivity contribution is 7.17. The van der Waals surface area contributed by atoms with E-state index in [-0.39, 0.29) is 11.2 Å². The molecule has 0 fully saturated rings. The first-order valence-electron chi connectivity index (χ1n) is 6.23. The van der Waals surface area contributed by atoms with E-state index in [1.54, 1.807) is 6.92 Å². The summed E-state index contributed by atoms with van der Waals surface area (Å²) in [5, 5.41) is 10.1. The zero-order chi connectivity index (χ0) is 14.2. The van der Waals surface area contributed by atoms with Gasteiger partial charge >= 0.3 is 0 Å². The standard InChI is InChI=1S/C16H18O2S/c1-10-13(9-17)19-15(14(10)18)11-5-7-12(8-6-11)16(2,3)4/h5-9,18H,1-4H3. The summed E-state index contributed by atoms with van der Waals surface area (Å²) < 4.78 is 0. The van der Waals surface area contributed by atoms with Crippen molar-refractivity contribution in [2.75, 3.05) is 0 Å². The third-order valence-corrected chi connectivity index (χ3v) is 4.53. The third kappa shape index (κ3) is 2.56. The first-order valence-corrected chi connectivity index (χ1v) is 7.04. The predicted molar refractivity (Wildman–Crippen MR) is 80.2 cm³/mol. The molecule has 19 heavy (non-hydrogen) atoms. The van der Waals surface area contributed by atoms with Crippen LogP contribution in [0.1, 0.15) is 41.6 Å². The Balaban J connectivity index is 2.46. The van der Waals surface area contributed by atoms with Crippen molar-refractivity contribution in [1.29, 1.82) is 0 Å². The summed E-state index contributed by atoms with van der Waals surface area (Å²) in [6.45, 7) is 8.26. The number of aldehydes is 1. The highest BCUT2D eigenvalue weighted by atomic mass is 32.1. The zero-order valence-corrected chi connectivity index (χ0v) is 12.5. The number of benzene rings is 1. The molecule has 0 aliphatic carbocycles. The number of rotatable bonds is 2. The smallest absolute Gasteiger partial charge is 0.160 e. The second kappa shape index (κ2) is 4.82. The van der Waals surface area contributed by atoms with Crippen molar-refractivity contribution >= 4 is 17.6 Å². The van der Waals surface area contributed by atoms with Crippen molar-refractivity contribution in [2.24, 2.45) is 0 Å². The van der Waals surface area contributed by atoms with Gasteiger partial charge < -0.3 is 5.11 Å². The fourth-order valence-electron chi connectivity index (χ4n) is 1.95. The largest absolute Gasteiger partial charge is 0.506 e. The van der Waals surface area contributed by atoms with E-state index in [2.05, 4.69) is 32.9 Å². The van der Waals surface area contributed by atoms with Crippen molar-refractivity contribution in [2.45, 2.75) is 33.1 Å². The van der Waals surface area contributed by atoms with Gasteiger partial charge in [0.05, 0.1) is 9.75 Å². The Kier molecular flexibility index (Phi) is 3.50. The lowest BCUT2D eigenvalue weighted by atomic mass is 9.86. The molecule has 2 aromatic rings.